The van der Waals surface area contributed by atoms with Crippen LogP contribution in [0.3, 0.4) is 0 Å². The van der Waals surface area contributed by atoms with Gasteiger partial charge in [0.15, 0.2) is 4.83 Å². The van der Waals surface area contributed by atoms with E-state index in [1.54, 1.807) is 5.51 Å². The molecule has 0 amide bonds. The van der Waals surface area contributed by atoms with Gasteiger partial charge in [-0.2, -0.15) is 0 Å². The van der Waals surface area contributed by atoms with Crippen LogP contribution in [0.25, 0.3) is 10.5 Å². The molecule has 2 rings (SSSR count). The van der Waals surface area contributed by atoms with Gasteiger partial charge in [-0.25, -0.2) is 4.98 Å². The van der Waals surface area contributed by atoms with Crippen LogP contribution in [0.5, 0.6) is 0 Å². The van der Waals surface area contributed by atoms with Gasteiger partial charge in [0, 0.05) is 0 Å². The third-order valence-corrected chi connectivity index (χ3v) is 1.54. The molecule has 0 radical (unpaired) electrons. The predicted octanol–water partition coefficient (Wildman–Crippen LogP) is -0.124. The summed E-state index contributed by atoms with van der Waals surface area (Å²) in [5.74, 6) is 0. The third-order valence-electron chi connectivity index (χ3n) is 0.846. The Bertz CT molecular complexity index is 286. The molecule has 0 N–H and O–H groups in total. The van der Waals surface area contributed by atoms with E-state index >= 15 is 0 Å². The van der Waals surface area contributed by atoms with Crippen LogP contribution < -0.4 is 0 Å². The monoisotopic (exact) mass is 139 g/mol. The number of aromatic nitrogens is 5. The summed E-state index contributed by atoms with van der Waals surface area (Å²) in [7, 11) is 0. The number of hydrogen-bond acceptors (Lipinski definition) is 6. The molecular formula is C3HN5S. The second kappa shape index (κ2) is 1.66. The molecule has 2 aromatic rings. The van der Waals surface area contributed by atoms with E-state index in [9.17, 15) is 0 Å². The Balaban J connectivity index is 2.95. The fourth-order valence-electron chi connectivity index (χ4n) is 0.494. The summed E-state index contributed by atoms with van der Waals surface area (Å²) >= 11 is 1.40. The molecule has 9 heavy (non-hydrogen) atoms. The van der Waals surface area contributed by atoms with Gasteiger partial charge in [-0.15, -0.1) is 10.2 Å². The van der Waals surface area contributed by atoms with E-state index < -0.39 is 0 Å². The van der Waals surface area contributed by atoms with Crippen LogP contribution in [0, 0.1) is 0 Å². The third kappa shape index (κ3) is 0.636. The fourth-order valence-corrected chi connectivity index (χ4v) is 1.03. The zero-order valence-electron chi connectivity index (χ0n) is 4.22. The number of nitrogens with zero attached hydrogens (tertiary/aromatic N) is 5. The molecule has 0 fully saturated rings. The Morgan fingerprint density at radius 2 is 2.11 bits per heavy atom. The van der Waals surface area contributed by atoms with Crippen molar-refractivity contribution in [1.29, 1.82) is 0 Å². The minimum Gasteiger partial charge on any atom is -0.222 e. The van der Waals surface area contributed by atoms with Crippen molar-refractivity contribution in [1.82, 2.24) is 25.6 Å². The molecule has 0 aromatic carbocycles. The topological polar surface area (TPSA) is 64.5 Å². The molecule has 0 saturated heterocycles. The molecule has 44 valence electrons. The highest BCUT2D eigenvalue weighted by Gasteiger charge is 1.95. The first-order chi connectivity index (χ1) is 4.47. The first kappa shape index (κ1) is 4.68. The Hall–Kier alpha value is -1.17. The average molecular weight is 139 g/mol. The van der Waals surface area contributed by atoms with Crippen LogP contribution in [-0.4, -0.2) is 25.6 Å². The fraction of sp³-hybridized carbons (Fsp3) is 0. The van der Waals surface area contributed by atoms with Gasteiger partial charge in [0.05, 0.1) is 5.51 Å². The number of thiazole rings is 1. The van der Waals surface area contributed by atoms with E-state index in [1.807, 2.05) is 0 Å². The Morgan fingerprint density at radius 1 is 1.22 bits per heavy atom. The highest BCUT2D eigenvalue weighted by molar-refractivity contribution is 7.16. The molecule has 5 nitrogen and oxygen atoms in total. The summed E-state index contributed by atoms with van der Waals surface area (Å²) in [5, 5.41) is 14.0. The van der Waals surface area contributed by atoms with Crippen molar-refractivity contribution in [3.05, 3.63) is 5.51 Å². The second-order valence-electron chi connectivity index (χ2n) is 1.36. The maximum Gasteiger partial charge on any atom is 0.215 e. The van der Waals surface area contributed by atoms with Gasteiger partial charge in [0.1, 0.15) is 0 Å². The molecule has 0 aliphatic heterocycles. The van der Waals surface area contributed by atoms with Crippen LogP contribution in [0.4, 0.5) is 0 Å². The van der Waals surface area contributed by atoms with Gasteiger partial charge in [-0.3, -0.25) is 0 Å². The lowest BCUT2D eigenvalue weighted by Gasteiger charge is -1.76. The van der Waals surface area contributed by atoms with Gasteiger partial charge >= 0.3 is 0 Å². The van der Waals surface area contributed by atoms with Crippen LogP contribution in [0.2, 0.25) is 0 Å². The molecule has 6 heteroatoms. The Morgan fingerprint density at radius 3 is 3.00 bits per heavy atom. The van der Waals surface area contributed by atoms with Gasteiger partial charge in [-0.1, -0.05) is 11.3 Å². The largest absolute Gasteiger partial charge is 0.222 e. The molecule has 0 spiro atoms. The van der Waals surface area contributed by atoms with E-state index in [0.29, 0.717) is 5.65 Å². The Kier molecular flexibility index (Phi) is 0.863. The average Bonchev–Trinajstić information content (AvgIpc) is 2.33. The molecule has 0 saturated carbocycles. The van der Waals surface area contributed by atoms with Crippen molar-refractivity contribution < 1.29 is 0 Å². The quantitative estimate of drug-likeness (QED) is 0.509. The van der Waals surface area contributed by atoms with Crippen LogP contribution >= 0.6 is 11.3 Å². The van der Waals surface area contributed by atoms with Gasteiger partial charge in [-0.05, 0) is 10.4 Å². The standard InChI is InChI=1S/C3HN5S/c1-4-2-3(9-1)6-8-7-5-2/h1H. The van der Waals surface area contributed by atoms with E-state index in [0.717, 1.165) is 4.83 Å². The number of fused-ring (bicyclic) bond motifs is 1. The molecule has 2 aromatic heterocycles. The lowest BCUT2D eigenvalue weighted by Crippen LogP contribution is -1.88. The van der Waals surface area contributed by atoms with Crippen molar-refractivity contribution in [2.24, 2.45) is 0 Å². The van der Waals surface area contributed by atoms with Gasteiger partial charge < -0.3 is 0 Å². The van der Waals surface area contributed by atoms with Crippen molar-refractivity contribution in [3.8, 4) is 0 Å². The predicted molar refractivity (Wildman–Crippen MR) is 30.8 cm³/mol. The molecule has 0 aliphatic rings. The van der Waals surface area contributed by atoms with Gasteiger partial charge in [0.25, 0.3) is 0 Å². The van der Waals surface area contributed by atoms with Gasteiger partial charge in [0.2, 0.25) is 5.65 Å². The normalized spacial score (nSPS) is 10.2. The van der Waals surface area contributed by atoms with Crippen molar-refractivity contribution in [3.63, 3.8) is 0 Å². The molecular weight excluding hydrogens is 138 g/mol. The SMILES string of the molecule is c1nc2nnnnc2s1. The highest BCUT2D eigenvalue weighted by atomic mass is 32.1. The molecule has 0 bridgehead atoms. The zero-order valence-corrected chi connectivity index (χ0v) is 5.04. The summed E-state index contributed by atoms with van der Waals surface area (Å²) in [4.78, 5) is 4.59. The molecule has 2 heterocycles. The van der Waals surface area contributed by atoms with Crippen LogP contribution in [0.1, 0.15) is 0 Å². The van der Waals surface area contributed by atoms with E-state index in [1.165, 1.54) is 11.3 Å². The number of rotatable bonds is 0. The Labute approximate surface area is 53.8 Å². The maximum absolute atomic E-state index is 3.86. The van der Waals surface area contributed by atoms with Crippen LogP contribution in [-0.2, 0) is 0 Å². The lowest BCUT2D eigenvalue weighted by molar-refractivity contribution is 0.796. The van der Waals surface area contributed by atoms with Crippen molar-refractivity contribution in [2.75, 3.05) is 0 Å². The summed E-state index contributed by atoms with van der Waals surface area (Å²) < 4.78 is 0. The van der Waals surface area contributed by atoms with Crippen molar-refractivity contribution >= 4 is 21.8 Å². The molecule has 0 atom stereocenters. The summed E-state index contributed by atoms with van der Waals surface area (Å²) in [5.41, 5.74) is 2.23. The summed E-state index contributed by atoms with van der Waals surface area (Å²) in [6, 6.07) is 0. The smallest absolute Gasteiger partial charge is 0.215 e. The van der Waals surface area contributed by atoms with Crippen molar-refractivity contribution in [2.45, 2.75) is 0 Å². The lowest BCUT2D eigenvalue weighted by atomic mass is 10.8. The number of hydrogen-bond donors (Lipinski definition) is 0. The minimum absolute atomic E-state index is 0.565. The van der Waals surface area contributed by atoms with E-state index in [4.69, 9.17) is 0 Å². The van der Waals surface area contributed by atoms with E-state index in [-0.39, 0.29) is 0 Å². The van der Waals surface area contributed by atoms with E-state index in [2.05, 4.69) is 25.6 Å². The molecule has 0 unspecified atom stereocenters. The minimum atomic E-state index is 0.565. The second-order valence-corrected chi connectivity index (χ2v) is 2.19. The first-order valence-electron chi connectivity index (χ1n) is 2.22. The first-order valence-corrected chi connectivity index (χ1v) is 3.10. The van der Waals surface area contributed by atoms with Crippen LogP contribution in [0.15, 0.2) is 5.51 Å². The maximum atomic E-state index is 3.86. The highest BCUT2D eigenvalue weighted by Crippen LogP contribution is 2.07. The summed E-state index contributed by atoms with van der Waals surface area (Å²) in [6.07, 6.45) is 0. The summed E-state index contributed by atoms with van der Waals surface area (Å²) in [6.45, 7) is 0. The zero-order chi connectivity index (χ0) is 6.10. The molecule has 0 aliphatic carbocycles.